The Bertz CT molecular complexity index is 1050. The van der Waals surface area contributed by atoms with Crippen molar-refractivity contribution in [3.8, 4) is 5.69 Å². The summed E-state index contributed by atoms with van der Waals surface area (Å²) in [5.41, 5.74) is 2.52. The van der Waals surface area contributed by atoms with Crippen LogP contribution in [0.1, 0.15) is 67.1 Å². The Morgan fingerprint density at radius 2 is 2.04 bits per heavy atom. The van der Waals surface area contributed by atoms with Gasteiger partial charge in [-0.25, -0.2) is 18.4 Å². The molecule has 1 fully saturated rings. The first-order chi connectivity index (χ1) is 12.8. The average molecular weight is 385 g/mol. The molecule has 5 rings (SSSR count). The van der Waals surface area contributed by atoms with Gasteiger partial charge in [-0.15, -0.1) is 11.3 Å². The molecule has 27 heavy (non-hydrogen) atoms. The molecule has 0 spiro atoms. The zero-order chi connectivity index (χ0) is 19.0. The lowest BCUT2D eigenvalue weighted by Gasteiger charge is -2.24. The molecule has 6 heteroatoms. The molecule has 2 aliphatic carbocycles. The molecule has 3 aromatic rings. The summed E-state index contributed by atoms with van der Waals surface area (Å²) in [5, 5.41) is 5.64. The Kier molecular flexibility index (Phi) is 3.46. The van der Waals surface area contributed by atoms with Gasteiger partial charge in [0, 0.05) is 28.6 Å². The molecule has 1 aromatic carbocycles. The summed E-state index contributed by atoms with van der Waals surface area (Å²) in [7, 11) is 0. The molecule has 2 aromatic heterocycles. The standard InChI is InChI=1S/C21H21F2N3S/c1-20(2,3)17-11-24-19(27-17)21-7-6-12(9-21)18-14(21)10-25-26(18)16-5-4-13(22)8-15(16)23/h4-5,8,10-12H,6-7,9H2,1-3H3/t12-,21+/m0/s1. The van der Waals surface area contributed by atoms with Gasteiger partial charge < -0.3 is 0 Å². The number of hydrogen-bond acceptors (Lipinski definition) is 3. The minimum absolute atomic E-state index is 0.0768. The first kappa shape index (κ1) is 17.0. The molecule has 140 valence electrons. The van der Waals surface area contributed by atoms with E-state index >= 15 is 0 Å². The predicted molar refractivity (Wildman–Crippen MR) is 102 cm³/mol. The largest absolute Gasteiger partial charge is 0.248 e. The van der Waals surface area contributed by atoms with Crippen LogP contribution in [-0.4, -0.2) is 14.8 Å². The number of benzene rings is 1. The van der Waals surface area contributed by atoms with Crippen LogP contribution >= 0.6 is 11.3 Å². The minimum Gasteiger partial charge on any atom is -0.248 e. The van der Waals surface area contributed by atoms with Crippen molar-refractivity contribution in [2.75, 3.05) is 0 Å². The van der Waals surface area contributed by atoms with E-state index in [1.807, 2.05) is 12.4 Å². The van der Waals surface area contributed by atoms with Crippen LogP contribution in [0, 0.1) is 11.6 Å². The van der Waals surface area contributed by atoms with Crippen molar-refractivity contribution in [1.29, 1.82) is 0 Å². The first-order valence-corrected chi connectivity index (χ1v) is 10.1. The third kappa shape index (κ3) is 2.35. The van der Waals surface area contributed by atoms with Crippen LogP contribution in [0.3, 0.4) is 0 Å². The summed E-state index contributed by atoms with van der Waals surface area (Å²) in [5.74, 6) is -0.813. The van der Waals surface area contributed by atoms with Gasteiger partial charge in [0.15, 0.2) is 5.82 Å². The lowest BCUT2D eigenvalue weighted by atomic mass is 9.82. The fourth-order valence-electron chi connectivity index (χ4n) is 4.64. The fourth-order valence-corrected chi connectivity index (χ4v) is 5.86. The summed E-state index contributed by atoms with van der Waals surface area (Å²) >= 11 is 1.79. The maximum Gasteiger partial charge on any atom is 0.151 e. The molecule has 2 bridgehead atoms. The maximum atomic E-state index is 14.4. The summed E-state index contributed by atoms with van der Waals surface area (Å²) in [6.45, 7) is 6.61. The predicted octanol–water partition coefficient (Wildman–Crippen LogP) is 5.47. The minimum atomic E-state index is -0.581. The quantitative estimate of drug-likeness (QED) is 0.585. The van der Waals surface area contributed by atoms with E-state index in [1.165, 1.54) is 17.0 Å². The van der Waals surface area contributed by atoms with Crippen molar-refractivity contribution in [1.82, 2.24) is 14.8 Å². The van der Waals surface area contributed by atoms with Gasteiger partial charge in [0.2, 0.25) is 0 Å². The Hall–Kier alpha value is -2.08. The molecule has 2 aliphatic rings. The van der Waals surface area contributed by atoms with Gasteiger partial charge >= 0.3 is 0 Å². The second kappa shape index (κ2) is 5.47. The second-order valence-electron chi connectivity index (χ2n) is 8.75. The van der Waals surface area contributed by atoms with Gasteiger partial charge in [-0.2, -0.15) is 5.10 Å². The monoisotopic (exact) mass is 385 g/mol. The first-order valence-electron chi connectivity index (χ1n) is 9.30. The molecular weight excluding hydrogens is 364 g/mol. The van der Waals surface area contributed by atoms with Crippen LogP contribution < -0.4 is 0 Å². The smallest absolute Gasteiger partial charge is 0.151 e. The van der Waals surface area contributed by atoms with E-state index in [0.29, 0.717) is 11.6 Å². The number of nitrogens with zero attached hydrogens (tertiary/aromatic N) is 3. The van der Waals surface area contributed by atoms with Crippen molar-refractivity contribution in [3.05, 3.63) is 63.4 Å². The molecule has 0 aliphatic heterocycles. The Morgan fingerprint density at radius 1 is 1.22 bits per heavy atom. The van der Waals surface area contributed by atoms with Crippen molar-refractivity contribution in [2.24, 2.45) is 0 Å². The third-order valence-electron chi connectivity index (χ3n) is 6.02. The molecule has 2 heterocycles. The fraction of sp³-hybridized carbons (Fsp3) is 0.429. The van der Waals surface area contributed by atoms with Gasteiger partial charge in [-0.05, 0) is 36.8 Å². The lowest BCUT2D eigenvalue weighted by molar-refractivity contribution is 0.546. The van der Waals surface area contributed by atoms with Crippen LogP contribution in [0.15, 0.2) is 30.6 Å². The Morgan fingerprint density at radius 3 is 2.74 bits per heavy atom. The van der Waals surface area contributed by atoms with E-state index < -0.39 is 11.6 Å². The number of hydrogen-bond donors (Lipinski definition) is 0. The molecule has 0 saturated heterocycles. The summed E-state index contributed by atoms with van der Waals surface area (Å²) in [6.07, 6.45) is 6.98. The number of aromatic nitrogens is 3. The number of thiazole rings is 1. The zero-order valence-electron chi connectivity index (χ0n) is 15.6. The molecule has 1 saturated carbocycles. The zero-order valence-corrected chi connectivity index (χ0v) is 16.4. The Labute approximate surface area is 161 Å². The second-order valence-corrected chi connectivity index (χ2v) is 9.78. The summed E-state index contributed by atoms with van der Waals surface area (Å²) in [6, 6.07) is 3.67. The highest BCUT2D eigenvalue weighted by Gasteiger charge is 2.54. The summed E-state index contributed by atoms with van der Waals surface area (Å²) in [4.78, 5) is 6.08. The van der Waals surface area contributed by atoms with Gasteiger partial charge in [0.05, 0.1) is 17.3 Å². The van der Waals surface area contributed by atoms with Crippen molar-refractivity contribution >= 4 is 11.3 Å². The highest BCUT2D eigenvalue weighted by molar-refractivity contribution is 7.12. The van der Waals surface area contributed by atoms with Crippen molar-refractivity contribution < 1.29 is 8.78 Å². The third-order valence-corrected chi connectivity index (χ3v) is 7.64. The van der Waals surface area contributed by atoms with Crippen molar-refractivity contribution in [3.63, 3.8) is 0 Å². The van der Waals surface area contributed by atoms with Gasteiger partial charge in [0.1, 0.15) is 16.5 Å². The van der Waals surface area contributed by atoms with Crippen LogP contribution in [-0.2, 0) is 10.8 Å². The maximum absolute atomic E-state index is 14.4. The van der Waals surface area contributed by atoms with Crippen LogP contribution in [0.2, 0.25) is 0 Å². The van der Waals surface area contributed by atoms with E-state index in [0.717, 1.165) is 41.6 Å². The topological polar surface area (TPSA) is 30.7 Å². The van der Waals surface area contributed by atoms with E-state index in [1.54, 1.807) is 16.0 Å². The van der Waals surface area contributed by atoms with Gasteiger partial charge in [0.25, 0.3) is 0 Å². The van der Waals surface area contributed by atoms with Gasteiger partial charge in [-0.1, -0.05) is 20.8 Å². The highest BCUT2D eigenvalue weighted by atomic mass is 32.1. The van der Waals surface area contributed by atoms with Crippen LogP contribution in [0.4, 0.5) is 8.78 Å². The van der Waals surface area contributed by atoms with E-state index in [-0.39, 0.29) is 10.8 Å². The van der Waals surface area contributed by atoms with E-state index in [2.05, 4.69) is 25.9 Å². The van der Waals surface area contributed by atoms with E-state index in [4.69, 9.17) is 4.98 Å². The van der Waals surface area contributed by atoms with Crippen molar-refractivity contribution in [2.45, 2.75) is 56.8 Å². The lowest BCUT2D eigenvalue weighted by Crippen LogP contribution is -2.22. The molecular formula is C21H21F2N3S. The highest BCUT2D eigenvalue weighted by Crippen LogP contribution is 2.61. The molecule has 3 nitrogen and oxygen atoms in total. The normalized spacial score (nSPS) is 23.8. The Balaban J connectivity index is 1.63. The number of rotatable bonds is 2. The molecule has 2 atom stereocenters. The molecule has 0 unspecified atom stereocenters. The number of halogens is 2. The van der Waals surface area contributed by atoms with Gasteiger partial charge in [-0.3, -0.25) is 0 Å². The van der Waals surface area contributed by atoms with E-state index in [9.17, 15) is 8.78 Å². The molecule has 0 N–H and O–H groups in total. The average Bonchev–Trinajstić information content (AvgIpc) is 3.35. The summed E-state index contributed by atoms with van der Waals surface area (Å²) < 4.78 is 29.4. The molecule has 0 amide bonds. The van der Waals surface area contributed by atoms with Crippen LogP contribution in [0.25, 0.3) is 5.69 Å². The SMILES string of the molecule is CC(C)(C)c1cnc([C@]23CC[C@@H](C2)c2c3cnn2-c2ccc(F)cc2F)s1. The van der Waals surface area contributed by atoms with Crippen LogP contribution in [0.5, 0.6) is 0 Å². The molecule has 0 radical (unpaired) electrons. The number of fused-ring (bicyclic) bond motifs is 5.